The Bertz CT molecular complexity index is 442. The molecule has 2 unspecified atom stereocenters. The molecule has 1 rings (SSSR count). The lowest BCUT2D eigenvalue weighted by Gasteiger charge is -2.45. The number of hydrogen-bond acceptors (Lipinski definition) is 4. The molecule has 0 bridgehead atoms. The summed E-state index contributed by atoms with van der Waals surface area (Å²) in [5.74, 6) is 0.147. The van der Waals surface area contributed by atoms with Gasteiger partial charge in [0.05, 0.1) is 12.2 Å². The van der Waals surface area contributed by atoms with E-state index in [-0.39, 0.29) is 29.7 Å². The van der Waals surface area contributed by atoms with Gasteiger partial charge < -0.3 is 20.3 Å². The van der Waals surface area contributed by atoms with Crippen LogP contribution in [0.25, 0.3) is 0 Å². The number of amides is 3. The van der Waals surface area contributed by atoms with Gasteiger partial charge in [-0.25, -0.2) is 4.79 Å². The monoisotopic (exact) mass is 370 g/mol. The molecule has 152 valence electrons. The Morgan fingerprint density at radius 3 is 2.23 bits per heavy atom. The molecule has 7 nitrogen and oxygen atoms in total. The summed E-state index contributed by atoms with van der Waals surface area (Å²) in [7, 11) is 0. The van der Waals surface area contributed by atoms with E-state index < -0.39 is 0 Å². The van der Waals surface area contributed by atoms with Crippen molar-refractivity contribution >= 4 is 11.9 Å². The number of carbonyl (C=O) groups excluding carboxylic acids is 2. The Morgan fingerprint density at radius 1 is 1.12 bits per heavy atom. The number of nitrogens with zero attached hydrogens (tertiary/aromatic N) is 2. The van der Waals surface area contributed by atoms with Crippen LogP contribution in [-0.4, -0.2) is 78.8 Å². The lowest BCUT2D eigenvalue weighted by molar-refractivity contribution is -0.130. The summed E-state index contributed by atoms with van der Waals surface area (Å²) in [6.45, 7) is 16.7. The van der Waals surface area contributed by atoms with Crippen LogP contribution < -0.4 is 10.6 Å². The third kappa shape index (κ3) is 7.50. The minimum Gasteiger partial charge on any atom is -0.373 e. The molecule has 0 aromatic rings. The maximum atomic E-state index is 12.0. The van der Waals surface area contributed by atoms with E-state index in [4.69, 9.17) is 4.74 Å². The van der Waals surface area contributed by atoms with Gasteiger partial charge in [0.15, 0.2) is 0 Å². The van der Waals surface area contributed by atoms with Crippen molar-refractivity contribution in [3.8, 4) is 0 Å². The van der Waals surface area contributed by atoms with Crippen LogP contribution in [0.3, 0.4) is 0 Å². The van der Waals surface area contributed by atoms with Gasteiger partial charge >= 0.3 is 6.03 Å². The predicted molar refractivity (Wildman–Crippen MR) is 104 cm³/mol. The van der Waals surface area contributed by atoms with E-state index in [1.165, 1.54) is 0 Å². The summed E-state index contributed by atoms with van der Waals surface area (Å²) in [5.41, 5.74) is -0.137. The fourth-order valence-electron chi connectivity index (χ4n) is 3.32. The number of urea groups is 1. The highest BCUT2D eigenvalue weighted by Gasteiger charge is 2.33. The van der Waals surface area contributed by atoms with E-state index in [2.05, 4.69) is 43.2 Å². The van der Waals surface area contributed by atoms with Gasteiger partial charge in [0, 0.05) is 51.2 Å². The predicted octanol–water partition coefficient (Wildman–Crippen LogP) is 1.82. The lowest BCUT2D eigenvalue weighted by Crippen LogP contribution is -2.59. The minimum absolute atomic E-state index is 0.137. The molecule has 1 saturated heterocycles. The Hall–Kier alpha value is -1.34. The SMILES string of the molecule is CCN(CC)C(=O)CCCNC(=O)NCC(C)(C)N1CC(C)OC(C)C1. The first-order chi connectivity index (χ1) is 12.2. The molecule has 1 fully saturated rings. The van der Waals surface area contributed by atoms with Crippen LogP contribution in [0.4, 0.5) is 4.79 Å². The standard InChI is InChI=1S/C19H38N4O3/c1-7-22(8-2)17(24)10-9-11-20-18(25)21-14-19(5,6)23-12-15(3)26-16(4)13-23/h15-16H,7-14H2,1-6H3,(H2,20,21,25). The Kier molecular flexibility index (Phi) is 9.36. The molecule has 26 heavy (non-hydrogen) atoms. The van der Waals surface area contributed by atoms with E-state index in [1.54, 1.807) is 0 Å². The van der Waals surface area contributed by atoms with Crippen molar-refractivity contribution in [3.05, 3.63) is 0 Å². The van der Waals surface area contributed by atoms with Gasteiger partial charge in [0.1, 0.15) is 0 Å². The maximum absolute atomic E-state index is 12.0. The summed E-state index contributed by atoms with van der Waals surface area (Å²) in [4.78, 5) is 28.1. The topological polar surface area (TPSA) is 73.9 Å². The molecule has 2 atom stereocenters. The Labute approximate surface area is 158 Å². The van der Waals surface area contributed by atoms with Gasteiger partial charge in [-0.15, -0.1) is 0 Å². The third-order valence-electron chi connectivity index (χ3n) is 4.93. The van der Waals surface area contributed by atoms with Crippen molar-refractivity contribution in [1.82, 2.24) is 20.4 Å². The highest BCUT2D eigenvalue weighted by atomic mass is 16.5. The van der Waals surface area contributed by atoms with Crippen molar-refractivity contribution in [3.63, 3.8) is 0 Å². The van der Waals surface area contributed by atoms with Crippen LogP contribution in [0.15, 0.2) is 0 Å². The van der Waals surface area contributed by atoms with Gasteiger partial charge in [-0.1, -0.05) is 0 Å². The van der Waals surface area contributed by atoms with Gasteiger partial charge in [-0.3, -0.25) is 9.69 Å². The second-order valence-electron chi connectivity index (χ2n) is 7.75. The van der Waals surface area contributed by atoms with E-state index in [0.717, 1.165) is 26.2 Å². The van der Waals surface area contributed by atoms with Crippen LogP contribution >= 0.6 is 0 Å². The zero-order chi connectivity index (χ0) is 19.7. The summed E-state index contributed by atoms with van der Waals surface area (Å²) in [6, 6.07) is -0.178. The fourth-order valence-corrected chi connectivity index (χ4v) is 3.32. The summed E-state index contributed by atoms with van der Waals surface area (Å²) in [6.07, 6.45) is 1.53. The van der Waals surface area contributed by atoms with Crippen LogP contribution in [0.2, 0.25) is 0 Å². The number of ether oxygens (including phenoxy) is 1. The van der Waals surface area contributed by atoms with Gasteiger partial charge in [0.25, 0.3) is 0 Å². The van der Waals surface area contributed by atoms with Crippen LogP contribution in [0.5, 0.6) is 0 Å². The molecule has 1 heterocycles. The minimum atomic E-state index is -0.178. The maximum Gasteiger partial charge on any atom is 0.314 e. The number of nitrogens with one attached hydrogen (secondary N) is 2. The van der Waals surface area contributed by atoms with Crippen molar-refractivity contribution < 1.29 is 14.3 Å². The van der Waals surface area contributed by atoms with Gasteiger partial charge in [0.2, 0.25) is 5.91 Å². The molecule has 0 aliphatic carbocycles. The average molecular weight is 371 g/mol. The van der Waals surface area contributed by atoms with Crippen molar-refractivity contribution in [2.24, 2.45) is 0 Å². The van der Waals surface area contributed by atoms with Crippen molar-refractivity contribution in [1.29, 1.82) is 0 Å². The summed E-state index contributed by atoms with van der Waals surface area (Å²) >= 11 is 0. The number of morpholine rings is 1. The van der Waals surface area contributed by atoms with E-state index >= 15 is 0 Å². The number of carbonyl (C=O) groups is 2. The molecule has 2 N–H and O–H groups in total. The molecule has 0 radical (unpaired) electrons. The molecule has 0 aromatic carbocycles. The van der Waals surface area contributed by atoms with Crippen LogP contribution in [0, 0.1) is 0 Å². The number of hydrogen-bond donors (Lipinski definition) is 2. The first kappa shape index (κ1) is 22.7. The van der Waals surface area contributed by atoms with Crippen molar-refractivity contribution in [2.75, 3.05) is 39.3 Å². The average Bonchev–Trinajstić information content (AvgIpc) is 2.57. The second-order valence-corrected chi connectivity index (χ2v) is 7.75. The van der Waals surface area contributed by atoms with Crippen LogP contribution in [0.1, 0.15) is 54.4 Å². The zero-order valence-corrected chi connectivity index (χ0v) is 17.4. The zero-order valence-electron chi connectivity index (χ0n) is 17.4. The molecular formula is C19H38N4O3. The molecule has 1 aliphatic rings. The lowest BCUT2D eigenvalue weighted by atomic mass is 10.00. The first-order valence-corrected chi connectivity index (χ1v) is 9.89. The summed E-state index contributed by atoms with van der Waals surface area (Å²) in [5, 5.41) is 5.80. The fraction of sp³-hybridized carbons (Fsp3) is 0.895. The molecule has 1 aliphatic heterocycles. The van der Waals surface area contributed by atoms with Gasteiger partial charge in [-0.05, 0) is 48.0 Å². The quantitative estimate of drug-likeness (QED) is 0.607. The Morgan fingerprint density at radius 2 is 1.69 bits per heavy atom. The first-order valence-electron chi connectivity index (χ1n) is 9.89. The largest absolute Gasteiger partial charge is 0.373 e. The normalized spacial score (nSPS) is 21.3. The smallest absolute Gasteiger partial charge is 0.314 e. The molecule has 0 aromatic heterocycles. The third-order valence-corrected chi connectivity index (χ3v) is 4.93. The molecule has 0 saturated carbocycles. The number of rotatable bonds is 9. The van der Waals surface area contributed by atoms with E-state index in [9.17, 15) is 9.59 Å². The summed E-state index contributed by atoms with van der Waals surface area (Å²) < 4.78 is 5.78. The van der Waals surface area contributed by atoms with E-state index in [0.29, 0.717) is 25.9 Å². The molecular weight excluding hydrogens is 332 g/mol. The molecule has 0 spiro atoms. The Balaban J connectivity index is 2.27. The van der Waals surface area contributed by atoms with E-state index in [1.807, 2.05) is 18.7 Å². The van der Waals surface area contributed by atoms with Gasteiger partial charge in [-0.2, -0.15) is 0 Å². The van der Waals surface area contributed by atoms with Crippen molar-refractivity contribution in [2.45, 2.75) is 72.1 Å². The molecule has 7 heteroatoms. The highest BCUT2D eigenvalue weighted by Crippen LogP contribution is 2.20. The second kappa shape index (κ2) is 10.7. The molecule has 3 amide bonds. The highest BCUT2D eigenvalue weighted by molar-refractivity contribution is 5.76. The van der Waals surface area contributed by atoms with Crippen LogP contribution in [-0.2, 0) is 9.53 Å².